The zero-order valence-corrected chi connectivity index (χ0v) is 16.1. The number of nitrogens with one attached hydrogen (secondary N) is 2. The first-order valence-electron chi connectivity index (χ1n) is 8.81. The summed E-state index contributed by atoms with van der Waals surface area (Å²) in [7, 11) is 3.92. The lowest BCUT2D eigenvalue weighted by molar-refractivity contribution is 0.259. The number of aliphatic imine (C=N–C) groups is 1. The van der Waals surface area contributed by atoms with Gasteiger partial charge >= 0.3 is 0 Å². The van der Waals surface area contributed by atoms with E-state index in [4.69, 9.17) is 21.5 Å². The van der Waals surface area contributed by atoms with Crippen LogP contribution in [0, 0.1) is 22.8 Å². The highest BCUT2D eigenvalue weighted by atomic mass is 16.5. The predicted octanol–water partition coefficient (Wildman–Crippen LogP) is 1.000. The number of pyridine rings is 1. The Bertz CT molecular complexity index is 1030. The van der Waals surface area contributed by atoms with Gasteiger partial charge in [-0.3, -0.25) is 5.32 Å². The van der Waals surface area contributed by atoms with Gasteiger partial charge in [-0.15, -0.1) is 0 Å². The van der Waals surface area contributed by atoms with Crippen LogP contribution < -0.4 is 26.8 Å². The lowest BCUT2D eigenvalue weighted by Gasteiger charge is -2.27. The van der Waals surface area contributed by atoms with Crippen molar-refractivity contribution in [1.82, 2.24) is 15.2 Å². The highest BCUT2D eigenvalue weighted by Gasteiger charge is 2.31. The molecule has 0 aliphatic carbocycles. The minimum Gasteiger partial charge on any atom is -0.492 e. The SMILES string of the molecule is CN(C)CCOc1ccccc1C1N=C(NC#N)Nc2nc(N)c(C#N)c(N)c21. The molecule has 3 rings (SSSR count). The summed E-state index contributed by atoms with van der Waals surface area (Å²) in [5.74, 6) is 1.16. The van der Waals surface area contributed by atoms with Crippen molar-refractivity contribution in [3.05, 3.63) is 41.0 Å². The van der Waals surface area contributed by atoms with Gasteiger partial charge in [0, 0.05) is 17.7 Å². The van der Waals surface area contributed by atoms with Crippen LogP contribution in [0.5, 0.6) is 5.75 Å². The summed E-state index contributed by atoms with van der Waals surface area (Å²) in [5, 5.41) is 23.8. The molecule has 10 nitrogen and oxygen atoms in total. The number of hydrogen-bond donors (Lipinski definition) is 4. The molecule has 0 spiro atoms. The van der Waals surface area contributed by atoms with Crippen LogP contribution in [0.3, 0.4) is 0 Å². The second-order valence-corrected chi connectivity index (χ2v) is 6.59. The van der Waals surface area contributed by atoms with Gasteiger partial charge in [0.15, 0.2) is 6.19 Å². The summed E-state index contributed by atoms with van der Waals surface area (Å²) < 4.78 is 5.96. The molecule has 1 aliphatic rings. The smallest absolute Gasteiger partial charge is 0.211 e. The van der Waals surface area contributed by atoms with Crippen molar-refractivity contribution in [3.8, 4) is 18.0 Å². The van der Waals surface area contributed by atoms with Crippen LogP contribution in [0.2, 0.25) is 0 Å². The van der Waals surface area contributed by atoms with Gasteiger partial charge in [-0.05, 0) is 20.2 Å². The molecule has 0 bridgehead atoms. The summed E-state index contributed by atoms with van der Waals surface area (Å²) in [6.07, 6.45) is 1.83. The minimum atomic E-state index is -0.641. The molecule has 1 unspecified atom stereocenters. The van der Waals surface area contributed by atoms with Crippen molar-refractivity contribution in [2.45, 2.75) is 6.04 Å². The molecule has 10 heteroatoms. The first-order valence-corrected chi connectivity index (χ1v) is 8.81. The van der Waals surface area contributed by atoms with Crippen LogP contribution in [-0.2, 0) is 0 Å². The summed E-state index contributed by atoms with van der Waals surface area (Å²) in [5.41, 5.74) is 13.7. The molecule has 1 aliphatic heterocycles. The number of anilines is 3. The monoisotopic (exact) mass is 391 g/mol. The molecule has 148 valence electrons. The topological polar surface area (TPSA) is 161 Å². The molecule has 6 N–H and O–H groups in total. The summed E-state index contributed by atoms with van der Waals surface area (Å²) in [4.78, 5) is 10.8. The third kappa shape index (κ3) is 3.98. The lowest BCUT2D eigenvalue weighted by Crippen LogP contribution is -2.33. The number of para-hydroxylation sites is 1. The fourth-order valence-electron chi connectivity index (χ4n) is 2.98. The number of benzene rings is 1. The Morgan fingerprint density at radius 3 is 2.72 bits per heavy atom. The Labute approximate surface area is 168 Å². The quantitative estimate of drug-likeness (QED) is 0.430. The minimum absolute atomic E-state index is 0.00345. The number of guanidine groups is 1. The van der Waals surface area contributed by atoms with E-state index >= 15 is 0 Å². The molecular formula is C19H21N9O. The van der Waals surface area contributed by atoms with E-state index in [9.17, 15) is 5.26 Å². The number of nitrogen functional groups attached to an aromatic ring is 2. The van der Waals surface area contributed by atoms with Crippen molar-refractivity contribution >= 4 is 23.3 Å². The number of aromatic nitrogens is 1. The van der Waals surface area contributed by atoms with Crippen LogP contribution >= 0.6 is 0 Å². The maximum absolute atomic E-state index is 9.43. The Morgan fingerprint density at radius 1 is 1.28 bits per heavy atom. The number of ether oxygens (including phenoxy) is 1. The second kappa shape index (κ2) is 8.33. The van der Waals surface area contributed by atoms with Crippen LogP contribution in [-0.4, -0.2) is 43.1 Å². The number of nitrogens with zero attached hydrogens (tertiary/aromatic N) is 5. The van der Waals surface area contributed by atoms with E-state index in [2.05, 4.69) is 20.6 Å². The van der Waals surface area contributed by atoms with E-state index in [-0.39, 0.29) is 23.0 Å². The number of likely N-dealkylation sites (N-methyl/N-ethyl adjacent to an activating group) is 1. The molecule has 0 fully saturated rings. The molecule has 1 aromatic carbocycles. The zero-order valence-electron chi connectivity index (χ0n) is 16.1. The average molecular weight is 391 g/mol. The summed E-state index contributed by atoms with van der Waals surface area (Å²) >= 11 is 0. The number of nitrogens with two attached hydrogens (primary N) is 2. The van der Waals surface area contributed by atoms with E-state index in [1.165, 1.54) is 0 Å². The standard InChI is InChI=1S/C19H21N9O/c1-28(2)7-8-29-13-6-4-3-5-11(13)16-14-15(22)12(9-20)17(23)26-18(14)27-19(25-16)24-10-21/h3-6,16H,7-8H2,1-2H3,(H6,22,23,24,25,26,27). The molecule has 1 aromatic heterocycles. The van der Waals surface area contributed by atoms with E-state index in [0.717, 1.165) is 12.1 Å². The molecule has 2 heterocycles. The third-order valence-electron chi connectivity index (χ3n) is 4.37. The second-order valence-electron chi connectivity index (χ2n) is 6.59. The Hall–Kier alpha value is -4.02. The highest BCUT2D eigenvalue weighted by molar-refractivity contribution is 5.98. The van der Waals surface area contributed by atoms with Crippen molar-refractivity contribution in [3.63, 3.8) is 0 Å². The Balaban J connectivity index is 2.12. The molecule has 0 radical (unpaired) electrons. The normalized spacial score (nSPS) is 14.8. The maximum Gasteiger partial charge on any atom is 0.211 e. The van der Waals surface area contributed by atoms with Gasteiger partial charge in [-0.1, -0.05) is 18.2 Å². The lowest BCUT2D eigenvalue weighted by atomic mass is 9.94. The summed E-state index contributed by atoms with van der Waals surface area (Å²) in [6, 6.07) is 8.77. The number of rotatable bonds is 5. The average Bonchev–Trinajstić information content (AvgIpc) is 2.68. The molecule has 0 saturated carbocycles. The van der Waals surface area contributed by atoms with Crippen molar-refractivity contribution in [2.75, 3.05) is 44.0 Å². The van der Waals surface area contributed by atoms with Crippen molar-refractivity contribution in [1.29, 1.82) is 10.5 Å². The zero-order chi connectivity index (χ0) is 21.0. The van der Waals surface area contributed by atoms with Crippen LogP contribution in [0.1, 0.15) is 22.7 Å². The van der Waals surface area contributed by atoms with Gasteiger partial charge in [-0.25, -0.2) is 9.98 Å². The summed E-state index contributed by atoms with van der Waals surface area (Å²) in [6.45, 7) is 1.22. The van der Waals surface area contributed by atoms with Crippen LogP contribution in [0.4, 0.5) is 17.3 Å². The fourth-order valence-corrected chi connectivity index (χ4v) is 2.98. The molecule has 0 amide bonds. The van der Waals surface area contributed by atoms with Gasteiger partial charge in [0.05, 0.1) is 5.69 Å². The van der Waals surface area contributed by atoms with Crippen molar-refractivity contribution in [2.24, 2.45) is 4.99 Å². The largest absolute Gasteiger partial charge is 0.492 e. The first kappa shape index (κ1) is 19.7. The van der Waals surface area contributed by atoms with Crippen molar-refractivity contribution < 1.29 is 4.74 Å². The fraction of sp³-hybridized carbons (Fsp3) is 0.263. The number of hydrogen-bond acceptors (Lipinski definition) is 10. The van der Waals surface area contributed by atoms with Crippen LogP contribution in [0.25, 0.3) is 0 Å². The highest BCUT2D eigenvalue weighted by Crippen LogP contribution is 2.42. The van der Waals surface area contributed by atoms with Gasteiger partial charge in [-0.2, -0.15) is 10.5 Å². The Kier molecular flexibility index (Phi) is 5.67. The molecular weight excluding hydrogens is 370 g/mol. The van der Waals surface area contributed by atoms with Gasteiger partial charge < -0.3 is 26.4 Å². The van der Waals surface area contributed by atoms with Gasteiger partial charge in [0.2, 0.25) is 5.96 Å². The van der Waals surface area contributed by atoms with E-state index in [1.54, 1.807) is 0 Å². The van der Waals surface area contributed by atoms with Gasteiger partial charge in [0.25, 0.3) is 0 Å². The van der Waals surface area contributed by atoms with Gasteiger partial charge in [0.1, 0.15) is 41.7 Å². The predicted molar refractivity (Wildman–Crippen MR) is 110 cm³/mol. The van der Waals surface area contributed by atoms with Crippen LogP contribution in [0.15, 0.2) is 29.3 Å². The molecule has 1 atom stereocenters. The molecule has 0 saturated heterocycles. The van der Waals surface area contributed by atoms with E-state index in [1.807, 2.05) is 55.5 Å². The van der Waals surface area contributed by atoms with E-state index in [0.29, 0.717) is 23.7 Å². The Morgan fingerprint density at radius 2 is 2.03 bits per heavy atom. The van der Waals surface area contributed by atoms with E-state index < -0.39 is 6.04 Å². The maximum atomic E-state index is 9.43. The molecule has 29 heavy (non-hydrogen) atoms. The number of nitriles is 2. The molecule has 2 aromatic rings. The third-order valence-corrected chi connectivity index (χ3v) is 4.37. The number of fused-ring (bicyclic) bond motifs is 1. The first-order chi connectivity index (χ1) is 14.0.